The number of aromatic nitrogens is 1. The fourth-order valence-corrected chi connectivity index (χ4v) is 4.13. The van der Waals surface area contributed by atoms with Gasteiger partial charge in [-0.15, -0.1) is 6.42 Å². The molecule has 1 aliphatic heterocycles. The Bertz CT molecular complexity index is 1130. The fraction of sp³-hybridized carbons (Fsp3) is 0.296. The van der Waals surface area contributed by atoms with Gasteiger partial charge in [0.25, 0.3) is 0 Å². The van der Waals surface area contributed by atoms with E-state index >= 15 is 0 Å². The Morgan fingerprint density at radius 2 is 1.83 bits per heavy atom. The summed E-state index contributed by atoms with van der Waals surface area (Å²) in [5, 5.41) is 1.12. The highest BCUT2D eigenvalue weighted by molar-refractivity contribution is 6.00. The van der Waals surface area contributed by atoms with Crippen molar-refractivity contribution in [1.29, 1.82) is 0 Å². The minimum atomic E-state index is -0.459. The standard InChI is InChI=1S/C27H28N2O/c1-4-27(2,3)17-26(30)29-20-24(23-14-8-9-15-25(23)29)22-13-10-16-28(19-22)18-21-11-6-5-7-12-21/h1,5-9,11-15,20H,10,16-19H2,2-3H3. The monoisotopic (exact) mass is 396 g/mol. The van der Waals surface area contributed by atoms with Gasteiger partial charge in [0.1, 0.15) is 0 Å². The van der Waals surface area contributed by atoms with Crippen LogP contribution in [0.5, 0.6) is 0 Å². The lowest BCUT2D eigenvalue weighted by Crippen LogP contribution is -2.29. The number of nitrogens with zero attached hydrogens (tertiary/aromatic N) is 2. The molecule has 0 amide bonds. The molecule has 2 heterocycles. The molecule has 3 heteroatoms. The first-order chi connectivity index (χ1) is 14.5. The first-order valence-corrected chi connectivity index (χ1v) is 10.5. The van der Waals surface area contributed by atoms with Crippen LogP contribution in [-0.4, -0.2) is 28.5 Å². The Morgan fingerprint density at radius 3 is 2.60 bits per heavy atom. The molecule has 3 nitrogen and oxygen atoms in total. The van der Waals surface area contributed by atoms with Crippen molar-refractivity contribution in [2.45, 2.75) is 33.2 Å². The van der Waals surface area contributed by atoms with Crippen LogP contribution in [0.15, 0.2) is 66.9 Å². The summed E-state index contributed by atoms with van der Waals surface area (Å²) >= 11 is 0. The molecule has 0 N–H and O–H groups in total. The lowest BCUT2D eigenvalue weighted by molar-refractivity contribution is 0.0876. The molecule has 0 radical (unpaired) electrons. The summed E-state index contributed by atoms with van der Waals surface area (Å²) in [5.41, 5.74) is 4.25. The zero-order valence-electron chi connectivity index (χ0n) is 17.8. The van der Waals surface area contributed by atoms with Gasteiger partial charge >= 0.3 is 0 Å². The van der Waals surface area contributed by atoms with E-state index in [1.165, 1.54) is 11.1 Å². The van der Waals surface area contributed by atoms with Crippen LogP contribution in [0.2, 0.25) is 0 Å². The SMILES string of the molecule is C#CC(C)(C)CC(=O)n1cc(C2=CCCN(Cc3ccccc3)C2)c2ccccc21. The molecule has 0 bridgehead atoms. The van der Waals surface area contributed by atoms with Gasteiger partial charge in [0.2, 0.25) is 5.91 Å². The highest BCUT2D eigenvalue weighted by atomic mass is 16.2. The van der Waals surface area contributed by atoms with E-state index in [1.54, 1.807) is 4.57 Å². The number of terminal acetylenes is 1. The average Bonchev–Trinajstić information content (AvgIpc) is 3.14. The molecule has 0 fully saturated rings. The van der Waals surface area contributed by atoms with E-state index < -0.39 is 5.41 Å². The fourth-order valence-electron chi connectivity index (χ4n) is 4.13. The third-order valence-corrected chi connectivity index (χ3v) is 5.79. The van der Waals surface area contributed by atoms with Crippen molar-refractivity contribution in [1.82, 2.24) is 9.47 Å². The predicted molar refractivity (Wildman–Crippen MR) is 124 cm³/mol. The van der Waals surface area contributed by atoms with Crippen LogP contribution in [0, 0.1) is 17.8 Å². The number of hydrogen-bond acceptors (Lipinski definition) is 2. The Morgan fingerprint density at radius 1 is 1.10 bits per heavy atom. The minimum absolute atomic E-state index is 0.0398. The van der Waals surface area contributed by atoms with Gasteiger partial charge in [-0.25, -0.2) is 0 Å². The van der Waals surface area contributed by atoms with Crippen LogP contribution in [0.4, 0.5) is 0 Å². The predicted octanol–water partition coefficient (Wildman–Crippen LogP) is 5.62. The number of hydrogen-bond donors (Lipinski definition) is 0. The van der Waals surface area contributed by atoms with Crippen molar-refractivity contribution < 1.29 is 4.79 Å². The molecule has 4 rings (SSSR count). The topological polar surface area (TPSA) is 25.2 Å². The molecule has 3 aromatic rings. The molecule has 2 aromatic carbocycles. The smallest absolute Gasteiger partial charge is 0.232 e. The van der Waals surface area contributed by atoms with Crippen molar-refractivity contribution in [3.8, 4) is 12.3 Å². The molecule has 1 aromatic heterocycles. The number of rotatable bonds is 5. The van der Waals surface area contributed by atoms with Gasteiger partial charge in [0.05, 0.1) is 5.52 Å². The van der Waals surface area contributed by atoms with Gasteiger partial charge in [0, 0.05) is 48.6 Å². The van der Waals surface area contributed by atoms with Crippen molar-refractivity contribution in [3.63, 3.8) is 0 Å². The first kappa shape index (κ1) is 20.2. The van der Waals surface area contributed by atoms with Gasteiger partial charge in [-0.2, -0.15) is 0 Å². The summed E-state index contributed by atoms with van der Waals surface area (Å²) in [4.78, 5) is 15.5. The van der Waals surface area contributed by atoms with Crippen LogP contribution >= 0.6 is 0 Å². The number of para-hydroxylation sites is 1. The largest absolute Gasteiger partial charge is 0.295 e. The Labute approximate surface area is 179 Å². The molecule has 1 aliphatic rings. The second-order valence-corrected chi connectivity index (χ2v) is 8.74. The van der Waals surface area contributed by atoms with Crippen LogP contribution < -0.4 is 0 Å². The Hall–Kier alpha value is -3.09. The lowest BCUT2D eigenvalue weighted by Gasteiger charge is -2.27. The second-order valence-electron chi connectivity index (χ2n) is 8.74. The van der Waals surface area contributed by atoms with E-state index in [-0.39, 0.29) is 5.91 Å². The van der Waals surface area contributed by atoms with Crippen LogP contribution in [0.25, 0.3) is 16.5 Å². The number of carbonyl (C=O) groups is 1. The van der Waals surface area contributed by atoms with Crippen LogP contribution in [0.3, 0.4) is 0 Å². The Balaban J connectivity index is 1.64. The number of fused-ring (bicyclic) bond motifs is 1. The molecule has 0 spiro atoms. The maximum atomic E-state index is 13.1. The molecule has 0 saturated carbocycles. The van der Waals surface area contributed by atoms with Crippen LogP contribution in [0.1, 0.15) is 42.6 Å². The second kappa shape index (κ2) is 8.34. The Kier molecular flexibility index (Phi) is 5.61. The number of carbonyl (C=O) groups excluding carboxylic acids is 1. The highest BCUT2D eigenvalue weighted by Gasteiger charge is 2.24. The van der Waals surface area contributed by atoms with E-state index in [9.17, 15) is 4.79 Å². The zero-order valence-corrected chi connectivity index (χ0v) is 17.8. The zero-order chi connectivity index (χ0) is 21.1. The average molecular weight is 397 g/mol. The summed E-state index contributed by atoms with van der Waals surface area (Å²) in [6, 6.07) is 18.7. The molecule has 0 aliphatic carbocycles. The van der Waals surface area contributed by atoms with Crippen molar-refractivity contribution in [3.05, 3.63) is 78.0 Å². The van der Waals surface area contributed by atoms with E-state index in [2.05, 4.69) is 53.3 Å². The van der Waals surface area contributed by atoms with Crippen molar-refractivity contribution in [2.75, 3.05) is 13.1 Å². The molecular weight excluding hydrogens is 368 g/mol. The lowest BCUT2D eigenvalue weighted by atomic mass is 9.90. The number of benzene rings is 2. The maximum absolute atomic E-state index is 13.1. The minimum Gasteiger partial charge on any atom is -0.295 e. The summed E-state index contributed by atoms with van der Waals surface area (Å²) in [7, 11) is 0. The quantitative estimate of drug-likeness (QED) is 0.523. The normalized spacial score (nSPS) is 15.0. The maximum Gasteiger partial charge on any atom is 0.232 e. The highest BCUT2D eigenvalue weighted by Crippen LogP contribution is 2.31. The van der Waals surface area contributed by atoms with Crippen molar-refractivity contribution in [2.24, 2.45) is 5.41 Å². The van der Waals surface area contributed by atoms with Crippen LogP contribution in [-0.2, 0) is 6.54 Å². The molecular formula is C27H28N2O. The van der Waals surface area contributed by atoms with Gasteiger partial charge in [-0.1, -0.05) is 60.5 Å². The van der Waals surface area contributed by atoms with Gasteiger partial charge in [-0.3, -0.25) is 14.3 Å². The summed E-state index contributed by atoms with van der Waals surface area (Å²) < 4.78 is 1.79. The van der Waals surface area contributed by atoms with E-state index in [0.29, 0.717) is 6.42 Å². The van der Waals surface area contributed by atoms with E-state index in [0.717, 1.165) is 42.5 Å². The summed E-state index contributed by atoms with van der Waals surface area (Å²) in [5.74, 6) is 2.78. The molecule has 0 unspecified atom stereocenters. The molecule has 30 heavy (non-hydrogen) atoms. The molecule has 0 saturated heterocycles. The summed E-state index contributed by atoms with van der Waals surface area (Å²) in [6.45, 7) is 6.73. The van der Waals surface area contributed by atoms with Gasteiger partial charge in [0.15, 0.2) is 0 Å². The van der Waals surface area contributed by atoms with Gasteiger partial charge in [-0.05, 0) is 37.5 Å². The summed E-state index contributed by atoms with van der Waals surface area (Å²) in [6.07, 6.45) is 11.3. The molecule has 0 atom stereocenters. The van der Waals surface area contributed by atoms with E-state index in [1.807, 2.05) is 38.2 Å². The van der Waals surface area contributed by atoms with Crippen molar-refractivity contribution >= 4 is 22.4 Å². The van der Waals surface area contributed by atoms with Gasteiger partial charge < -0.3 is 0 Å². The first-order valence-electron chi connectivity index (χ1n) is 10.5. The molecule has 152 valence electrons. The third-order valence-electron chi connectivity index (χ3n) is 5.79. The third kappa shape index (κ3) is 4.25. The van der Waals surface area contributed by atoms with E-state index in [4.69, 9.17) is 6.42 Å².